The summed E-state index contributed by atoms with van der Waals surface area (Å²) in [6, 6.07) is 22.4. The lowest BCUT2D eigenvalue weighted by Gasteiger charge is -2.31. The second-order valence-corrected chi connectivity index (χ2v) is 11.1. The Bertz CT molecular complexity index is 1630. The lowest BCUT2D eigenvalue weighted by atomic mass is 9.74. The third-order valence-electron chi connectivity index (χ3n) is 6.70. The summed E-state index contributed by atoms with van der Waals surface area (Å²) in [6.07, 6.45) is 3.47. The molecule has 0 saturated carbocycles. The van der Waals surface area contributed by atoms with E-state index >= 15 is 0 Å². The number of hydrogen-bond acceptors (Lipinski definition) is 4. The number of amides is 1. The highest BCUT2D eigenvalue weighted by atomic mass is 35.5. The van der Waals surface area contributed by atoms with E-state index < -0.39 is 11.4 Å². The average molecular weight is 576 g/mol. The number of carbonyl (C=O) groups is 2. The summed E-state index contributed by atoms with van der Waals surface area (Å²) < 4.78 is 0. The number of thiazole rings is 1. The van der Waals surface area contributed by atoms with Gasteiger partial charge in [0.05, 0.1) is 15.7 Å². The number of benzene rings is 3. The van der Waals surface area contributed by atoms with E-state index in [0.717, 1.165) is 22.3 Å². The van der Waals surface area contributed by atoms with Gasteiger partial charge < -0.3 is 10.4 Å². The Kier molecular flexibility index (Phi) is 7.71. The highest BCUT2D eigenvalue weighted by Crippen LogP contribution is 2.43. The molecule has 1 amide bonds. The largest absolute Gasteiger partial charge is 0.478 e. The number of halogens is 2. The van der Waals surface area contributed by atoms with Gasteiger partial charge >= 0.3 is 5.97 Å². The average Bonchev–Trinajstić information content (AvgIpc) is 3.44. The predicted molar refractivity (Wildman–Crippen MR) is 157 cm³/mol. The minimum absolute atomic E-state index is 0.0446. The first-order chi connectivity index (χ1) is 18.8. The third kappa shape index (κ3) is 5.55. The predicted octanol–water partition coefficient (Wildman–Crippen LogP) is 7.48. The van der Waals surface area contributed by atoms with E-state index in [-0.39, 0.29) is 17.9 Å². The maximum absolute atomic E-state index is 14.0. The number of aryl methyl sites for hydroxylation is 1. The van der Waals surface area contributed by atoms with Gasteiger partial charge in [-0.25, -0.2) is 9.78 Å². The van der Waals surface area contributed by atoms with Crippen molar-refractivity contribution in [2.24, 2.45) is 0 Å². The third-order valence-corrected chi connectivity index (χ3v) is 8.46. The fourth-order valence-corrected chi connectivity index (χ4v) is 5.97. The molecular formula is C31H24Cl2N2O3S. The van der Waals surface area contributed by atoms with Crippen LogP contribution in [-0.2, 0) is 21.5 Å². The Hall–Kier alpha value is -3.71. The molecule has 4 aromatic rings. The van der Waals surface area contributed by atoms with Crippen molar-refractivity contribution in [3.63, 3.8) is 0 Å². The molecule has 1 aliphatic rings. The topological polar surface area (TPSA) is 79.3 Å². The van der Waals surface area contributed by atoms with Gasteiger partial charge in [-0.3, -0.25) is 4.79 Å². The van der Waals surface area contributed by atoms with Crippen molar-refractivity contribution >= 4 is 52.0 Å². The molecule has 0 spiro atoms. The monoisotopic (exact) mass is 574 g/mol. The standard InChI is InChI=1S/C31H24Cl2N2O3S/c1-19-6-5-7-20(14-19)17-34-29(38)31(30-35-27(18-39-30)22-10-11-25(32)26(33)15-22)13-12-23(24(16-31)28(36)37)21-8-3-2-4-9-21/h2-15,18H,16-17H2,1H3,(H,34,38)(H,36,37). The lowest BCUT2D eigenvalue weighted by Crippen LogP contribution is -2.44. The number of allylic oxidation sites excluding steroid dienone is 2. The molecule has 3 aromatic carbocycles. The van der Waals surface area contributed by atoms with E-state index in [1.54, 1.807) is 24.3 Å². The second kappa shape index (κ2) is 11.2. The van der Waals surface area contributed by atoms with E-state index in [9.17, 15) is 14.7 Å². The molecule has 0 saturated heterocycles. The van der Waals surface area contributed by atoms with E-state index in [1.165, 1.54) is 11.3 Å². The molecule has 0 fully saturated rings. The number of nitrogens with zero attached hydrogens (tertiary/aromatic N) is 1. The smallest absolute Gasteiger partial charge is 0.332 e. The number of aliphatic carboxylic acids is 1. The first kappa shape index (κ1) is 26.9. The quantitative estimate of drug-likeness (QED) is 0.240. The molecule has 5 nitrogen and oxygen atoms in total. The lowest BCUT2D eigenvalue weighted by molar-refractivity contribution is -0.133. The van der Waals surface area contributed by atoms with Crippen LogP contribution in [0.4, 0.5) is 0 Å². The summed E-state index contributed by atoms with van der Waals surface area (Å²) in [5.74, 6) is -1.39. The minimum atomic E-state index is -1.31. The van der Waals surface area contributed by atoms with Crippen molar-refractivity contribution in [1.29, 1.82) is 0 Å². The molecule has 39 heavy (non-hydrogen) atoms. The van der Waals surface area contributed by atoms with Gasteiger partial charge in [-0.05, 0) is 35.8 Å². The van der Waals surface area contributed by atoms with Crippen LogP contribution in [0.5, 0.6) is 0 Å². The number of carboxylic acid groups (broad SMARTS) is 1. The normalized spacial score (nSPS) is 16.8. The molecule has 0 aliphatic heterocycles. The highest BCUT2D eigenvalue weighted by molar-refractivity contribution is 7.10. The zero-order valence-electron chi connectivity index (χ0n) is 20.9. The van der Waals surface area contributed by atoms with E-state index in [4.69, 9.17) is 28.2 Å². The van der Waals surface area contributed by atoms with Crippen molar-refractivity contribution in [3.05, 3.63) is 128 Å². The molecule has 1 aliphatic carbocycles. The van der Waals surface area contributed by atoms with Crippen molar-refractivity contribution in [2.45, 2.75) is 25.3 Å². The van der Waals surface area contributed by atoms with Crippen LogP contribution in [0.15, 0.2) is 95.9 Å². The number of carbonyl (C=O) groups excluding carboxylic acids is 1. The number of aromatic nitrogens is 1. The van der Waals surface area contributed by atoms with Crippen LogP contribution < -0.4 is 5.32 Å². The van der Waals surface area contributed by atoms with Crippen LogP contribution in [0.1, 0.15) is 28.1 Å². The number of rotatable bonds is 7. The van der Waals surface area contributed by atoms with E-state index in [0.29, 0.717) is 32.9 Å². The van der Waals surface area contributed by atoms with Gasteiger partial charge in [-0.15, -0.1) is 11.3 Å². The molecular weight excluding hydrogens is 551 g/mol. The number of nitrogens with one attached hydrogen (secondary N) is 1. The van der Waals surface area contributed by atoms with Gasteiger partial charge in [-0.2, -0.15) is 0 Å². The van der Waals surface area contributed by atoms with Crippen LogP contribution in [0, 0.1) is 6.92 Å². The van der Waals surface area contributed by atoms with Gasteiger partial charge in [0.15, 0.2) is 0 Å². The molecule has 1 heterocycles. The van der Waals surface area contributed by atoms with Crippen LogP contribution in [0.3, 0.4) is 0 Å². The second-order valence-electron chi connectivity index (χ2n) is 9.38. The van der Waals surface area contributed by atoms with Gasteiger partial charge in [0, 0.05) is 29.5 Å². The molecule has 8 heteroatoms. The van der Waals surface area contributed by atoms with Crippen molar-refractivity contribution in [3.8, 4) is 11.3 Å². The van der Waals surface area contributed by atoms with Crippen LogP contribution in [0.2, 0.25) is 10.0 Å². The molecule has 0 radical (unpaired) electrons. The maximum Gasteiger partial charge on any atom is 0.332 e. The number of carboxylic acids is 1. The Labute approximate surface area is 240 Å². The summed E-state index contributed by atoms with van der Waals surface area (Å²) in [6.45, 7) is 2.30. The summed E-state index contributed by atoms with van der Waals surface area (Å²) in [7, 11) is 0. The van der Waals surface area contributed by atoms with Crippen molar-refractivity contribution < 1.29 is 14.7 Å². The minimum Gasteiger partial charge on any atom is -0.478 e. The Morgan fingerprint density at radius 3 is 2.51 bits per heavy atom. The molecule has 2 N–H and O–H groups in total. The molecule has 1 unspecified atom stereocenters. The van der Waals surface area contributed by atoms with E-state index in [1.807, 2.05) is 73.0 Å². The van der Waals surface area contributed by atoms with Gasteiger partial charge in [0.25, 0.3) is 0 Å². The number of hydrogen-bond donors (Lipinski definition) is 2. The fraction of sp³-hybridized carbons (Fsp3) is 0.129. The fourth-order valence-electron chi connectivity index (χ4n) is 4.67. The molecule has 1 aromatic heterocycles. The molecule has 196 valence electrons. The zero-order valence-corrected chi connectivity index (χ0v) is 23.3. The SMILES string of the molecule is Cc1cccc(CNC(=O)C2(c3nc(-c4ccc(Cl)c(Cl)c4)cs3)C=CC(c3ccccc3)=C(C(=O)O)C2)c1. The molecule has 0 bridgehead atoms. The maximum atomic E-state index is 14.0. The van der Waals surface area contributed by atoms with Gasteiger partial charge in [0.1, 0.15) is 10.4 Å². The summed E-state index contributed by atoms with van der Waals surface area (Å²) >= 11 is 13.6. The Morgan fingerprint density at radius 2 is 1.79 bits per heavy atom. The summed E-state index contributed by atoms with van der Waals surface area (Å²) in [4.78, 5) is 31.3. The first-order valence-corrected chi connectivity index (χ1v) is 13.9. The van der Waals surface area contributed by atoms with Crippen LogP contribution >= 0.6 is 34.5 Å². The van der Waals surface area contributed by atoms with Crippen LogP contribution in [0.25, 0.3) is 16.8 Å². The molecule has 1 atom stereocenters. The zero-order chi connectivity index (χ0) is 27.6. The summed E-state index contributed by atoms with van der Waals surface area (Å²) in [5, 5.41) is 16.4. The van der Waals surface area contributed by atoms with Gasteiger partial charge in [0.2, 0.25) is 5.91 Å². The van der Waals surface area contributed by atoms with Crippen molar-refractivity contribution in [2.75, 3.05) is 0 Å². The Morgan fingerprint density at radius 1 is 1.00 bits per heavy atom. The first-order valence-electron chi connectivity index (χ1n) is 12.2. The molecule has 5 rings (SSSR count). The van der Waals surface area contributed by atoms with Gasteiger partial charge in [-0.1, -0.05) is 102 Å². The summed E-state index contributed by atoms with van der Waals surface area (Å²) in [5.41, 5.74) is 3.61. The highest BCUT2D eigenvalue weighted by Gasteiger charge is 2.45. The van der Waals surface area contributed by atoms with E-state index in [2.05, 4.69) is 5.32 Å². The Balaban J connectivity index is 1.56. The van der Waals surface area contributed by atoms with Crippen molar-refractivity contribution in [1.82, 2.24) is 10.3 Å². The van der Waals surface area contributed by atoms with Crippen LogP contribution in [-0.4, -0.2) is 22.0 Å².